The highest BCUT2D eigenvalue weighted by atomic mass is 35.5. The van der Waals surface area contributed by atoms with Crippen molar-refractivity contribution in [2.45, 2.75) is 6.42 Å². The molecule has 0 aliphatic rings. The van der Waals surface area contributed by atoms with E-state index in [0.717, 1.165) is 16.6 Å². The molecule has 4 heteroatoms. The molecule has 1 heterocycles. The minimum atomic E-state index is 0.162. The van der Waals surface area contributed by atoms with E-state index >= 15 is 0 Å². The van der Waals surface area contributed by atoms with Crippen molar-refractivity contribution in [3.63, 3.8) is 0 Å². The third-order valence-electron chi connectivity index (χ3n) is 2.14. The van der Waals surface area contributed by atoms with Gasteiger partial charge in [-0.3, -0.25) is 4.98 Å². The maximum absolute atomic E-state index is 8.66. The Hall–Kier alpha value is -1.45. The molecule has 2 aromatic rings. The van der Waals surface area contributed by atoms with Crippen LogP contribution in [-0.2, 0) is 0 Å². The Labute approximate surface area is 98.4 Å². The molecule has 16 heavy (non-hydrogen) atoms. The van der Waals surface area contributed by atoms with Crippen molar-refractivity contribution in [1.82, 2.24) is 9.97 Å². The highest BCUT2D eigenvalue weighted by Gasteiger charge is 1.98. The summed E-state index contributed by atoms with van der Waals surface area (Å²) < 4.78 is 0. The number of hydrogen-bond donors (Lipinski definition) is 1. The zero-order valence-electron chi connectivity index (χ0n) is 8.60. The van der Waals surface area contributed by atoms with E-state index in [2.05, 4.69) is 9.97 Å². The summed E-state index contributed by atoms with van der Waals surface area (Å²) in [6.07, 6.45) is 6.04. The maximum atomic E-state index is 8.66. The van der Waals surface area contributed by atoms with Gasteiger partial charge in [0.25, 0.3) is 0 Å². The van der Waals surface area contributed by atoms with Crippen molar-refractivity contribution in [2.75, 3.05) is 6.61 Å². The Bertz CT molecular complexity index is 525. The Kier molecular flexibility index (Phi) is 3.49. The second-order valence-corrected chi connectivity index (χ2v) is 3.74. The van der Waals surface area contributed by atoms with Gasteiger partial charge in [-0.05, 0) is 24.1 Å². The topological polar surface area (TPSA) is 46.0 Å². The van der Waals surface area contributed by atoms with E-state index in [4.69, 9.17) is 16.7 Å². The Morgan fingerprint density at radius 3 is 3.00 bits per heavy atom. The first-order valence-corrected chi connectivity index (χ1v) is 5.37. The molecule has 0 saturated carbocycles. The molecule has 3 nitrogen and oxygen atoms in total. The number of aliphatic hydroxyl groups is 1. The van der Waals surface area contributed by atoms with Gasteiger partial charge in [0.05, 0.1) is 17.2 Å². The highest BCUT2D eigenvalue weighted by molar-refractivity contribution is 6.29. The molecule has 0 atom stereocenters. The molecule has 0 amide bonds. The van der Waals surface area contributed by atoms with E-state index in [-0.39, 0.29) is 6.61 Å². The first kappa shape index (κ1) is 11.0. The van der Waals surface area contributed by atoms with E-state index in [1.807, 2.05) is 30.4 Å². The zero-order valence-corrected chi connectivity index (χ0v) is 9.35. The number of rotatable bonds is 3. The minimum Gasteiger partial charge on any atom is -0.396 e. The average Bonchev–Trinajstić information content (AvgIpc) is 2.29. The van der Waals surface area contributed by atoms with E-state index < -0.39 is 0 Å². The molecule has 1 aromatic heterocycles. The van der Waals surface area contributed by atoms with Crippen LogP contribution in [0.3, 0.4) is 0 Å². The number of nitrogens with zero attached hydrogens (tertiary/aromatic N) is 2. The molecular weight excluding hydrogens is 224 g/mol. The number of aliphatic hydroxyl groups excluding tert-OH is 1. The summed E-state index contributed by atoms with van der Waals surface area (Å²) in [5.41, 5.74) is 2.62. The molecule has 0 saturated heterocycles. The molecule has 2 rings (SSSR count). The van der Waals surface area contributed by atoms with Gasteiger partial charge in [-0.25, -0.2) is 4.98 Å². The van der Waals surface area contributed by atoms with Crippen LogP contribution >= 0.6 is 11.6 Å². The number of halogens is 1. The van der Waals surface area contributed by atoms with E-state index in [9.17, 15) is 0 Å². The van der Waals surface area contributed by atoms with Crippen LogP contribution in [0.1, 0.15) is 12.0 Å². The molecule has 0 aliphatic heterocycles. The quantitative estimate of drug-likeness (QED) is 0.888. The largest absolute Gasteiger partial charge is 0.396 e. The Morgan fingerprint density at radius 2 is 2.19 bits per heavy atom. The van der Waals surface area contributed by atoms with Gasteiger partial charge >= 0.3 is 0 Å². The minimum absolute atomic E-state index is 0.162. The normalized spacial score (nSPS) is 11.4. The third-order valence-corrected chi connectivity index (χ3v) is 2.33. The monoisotopic (exact) mass is 234 g/mol. The van der Waals surface area contributed by atoms with Gasteiger partial charge in [-0.2, -0.15) is 0 Å². The van der Waals surface area contributed by atoms with Crippen LogP contribution in [0.15, 0.2) is 30.5 Å². The predicted octanol–water partition coefficient (Wildman–Crippen LogP) is 2.68. The Morgan fingerprint density at radius 1 is 1.31 bits per heavy atom. The molecule has 0 unspecified atom stereocenters. The average molecular weight is 235 g/mol. The molecule has 0 radical (unpaired) electrons. The van der Waals surface area contributed by atoms with Gasteiger partial charge in [0.1, 0.15) is 5.15 Å². The molecule has 0 spiro atoms. The van der Waals surface area contributed by atoms with E-state index in [1.54, 1.807) is 0 Å². The first-order valence-electron chi connectivity index (χ1n) is 4.99. The number of hydrogen-bond acceptors (Lipinski definition) is 3. The third kappa shape index (κ3) is 2.56. The van der Waals surface area contributed by atoms with Crippen LogP contribution in [-0.4, -0.2) is 21.7 Å². The standard InChI is InChI=1S/C12H11ClN2O/c13-12-8-14-10-5-4-9(3-1-2-6-16)7-11(10)15-12/h1,3-5,7-8,16H,2,6H2. The van der Waals surface area contributed by atoms with Gasteiger partial charge < -0.3 is 5.11 Å². The fourth-order valence-electron chi connectivity index (χ4n) is 1.40. The van der Waals surface area contributed by atoms with Crippen molar-refractivity contribution in [2.24, 2.45) is 0 Å². The first-order chi connectivity index (χ1) is 7.79. The molecule has 1 N–H and O–H groups in total. The second kappa shape index (κ2) is 5.05. The molecule has 82 valence electrons. The fourth-order valence-corrected chi connectivity index (χ4v) is 1.54. The van der Waals surface area contributed by atoms with E-state index in [0.29, 0.717) is 11.6 Å². The molecule has 0 bridgehead atoms. The van der Waals surface area contributed by atoms with Gasteiger partial charge in [0, 0.05) is 6.61 Å². The molecule has 1 aromatic carbocycles. The van der Waals surface area contributed by atoms with Crippen LogP contribution in [0.4, 0.5) is 0 Å². The van der Waals surface area contributed by atoms with Gasteiger partial charge in [0.2, 0.25) is 0 Å². The predicted molar refractivity (Wildman–Crippen MR) is 65.3 cm³/mol. The van der Waals surface area contributed by atoms with Crippen LogP contribution in [0.2, 0.25) is 5.15 Å². The summed E-state index contributed by atoms with van der Waals surface area (Å²) in [6.45, 7) is 0.162. The lowest BCUT2D eigenvalue weighted by molar-refractivity contribution is 0.303. The van der Waals surface area contributed by atoms with Crippen LogP contribution in [0, 0.1) is 0 Å². The zero-order chi connectivity index (χ0) is 11.4. The molecular formula is C12H11ClN2O. The highest BCUT2D eigenvalue weighted by Crippen LogP contribution is 2.15. The summed E-state index contributed by atoms with van der Waals surface area (Å²) in [7, 11) is 0. The van der Waals surface area contributed by atoms with Crippen molar-refractivity contribution in [1.29, 1.82) is 0 Å². The summed E-state index contributed by atoms with van der Waals surface area (Å²) >= 11 is 5.77. The number of fused-ring (bicyclic) bond motifs is 1. The van der Waals surface area contributed by atoms with Gasteiger partial charge in [0.15, 0.2) is 0 Å². The lowest BCUT2D eigenvalue weighted by atomic mass is 10.1. The lowest BCUT2D eigenvalue weighted by Crippen LogP contribution is -1.85. The van der Waals surface area contributed by atoms with Crippen LogP contribution < -0.4 is 0 Å². The Balaban J connectivity index is 2.35. The van der Waals surface area contributed by atoms with Gasteiger partial charge in [-0.1, -0.05) is 29.8 Å². The van der Waals surface area contributed by atoms with Crippen molar-refractivity contribution < 1.29 is 5.11 Å². The van der Waals surface area contributed by atoms with E-state index in [1.165, 1.54) is 6.20 Å². The van der Waals surface area contributed by atoms with Crippen LogP contribution in [0.5, 0.6) is 0 Å². The summed E-state index contributed by atoms with van der Waals surface area (Å²) in [4.78, 5) is 8.34. The van der Waals surface area contributed by atoms with Gasteiger partial charge in [-0.15, -0.1) is 0 Å². The molecule has 0 fully saturated rings. The summed E-state index contributed by atoms with van der Waals surface area (Å²) in [5, 5.41) is 9.05. The number of benzene rings is 1. The second-order valence-electron chi connectivity index (χ2n) is 3.36. The smallest absolute Gasteiger partial charge is 0.148 e. The van der Waals surface area contributed by atoms with Crippen molar-refractivity contribution in [3.05, 3.63) is 41.2 Å². The molecule has 0 aliphatic carbocycles. The lowest BCUT2D eigenvalue weighted by Gasteiger charge is -1.98. The van der Waals surface area contributed by atoms with Crippen molar-refractivity contribution in [3.8, 4) is 0 Å². The maximum Gasteiger partial charge on any atom is 0.148 e. The fraction of sp³-hybridized carbons (Fsp3) is 0.167. The number of aromatic nitrogens is 2. The van der Waals surface area contributed by atoms with Crippen LogP contribution in [0.25, 0.3) is 17.1 Å². The van der Waals surface area contributed by atoms with Crippen molar-refractivity contribution >= 4 is 28.7 Å². The summed E-state index contributed by atoms with van der Waals surface area (Å²) in [6, 6.07) is 5.78. The summed E-state index contributed by atoms with van der Waals surface area (Å²) in [5.74, 6) is 0. The SMILES string of the molecule is OCCC=Cc1ccc2ncc(Cl)nc2c1.